The molecule has 0 aliphatic carbocycles. The highest BCUT2D eigenvalue weighted by Gasteiger charge is 2.19. The highest BCUT2D eigenvalue weighted by atomic mass is 16.6. The number of carbonyl (C=O) groups excluding carboxylic acids is 3. The van der Waals surface area contributed by atoms with E-state index < -0.39 is 6.10 Å². The Hall–Kier alpha value is -2.11. The van der Waals surface area contributed by atoms with E-state index >= 15 is 0 Å². The van der Waals surface area contributed by atoms with Gasteiger partial charge in [0.15, 0.2) is 6.10 Å². The molecule has 0 N–H and O–H groups in total. The summed E-state index contributed by atoms with van der Waals surface area (Å²) in [5, 5.41) is 0. The third kappa shape index (κ3) is 40.9. The Balaban J connectivity index is 4.37. The first-order chi connectivity index (χ1) is 26.0. The van der Waals surface area contributed by atoms with Gasteiger partial charge in [0, 0.05) is 19.3 Å². The Morgan fingerprint density at radius 1 is 0.358 bits per heavy atom. The van der Waals surface area contributed by atoms with Crippen molar-refractivity contribution in [3.63, 3.8) is 0 Å². The Morgan fingerprint density at radius 3 is 1.00 bits per heavy atom. The standard InChI is InChI=1S/C47H86O6/c1-4-7-10-13-16-19-22-24-26-28-31-34-37-40-46(49)52-43-44(42-51-45(48)39-36-33-30-27-21-18-15-12-9-6-3)53-47(50)41-38-35-32-29-25-23-20-17-14-11-8-5-2/h17,19-20,22,44H,4-16,18,21,23-43H2,1-3H3/b20-17-,22-19-/t44-/m1/s1. The number of esters is 3. The van der Waals surface area contributed by atoms with Crippen LogP contribution in [-0.4, -0.2) is 37.2 Å². The highest BCUT2D eigenvalue weighted by molar-refractivity contribution is 5.71. The first-order valence-corrected chi connectivity index (χ1v) is 22.8. The van der Waals surface area contributed by atoms with E-state index in [1.807, 2.05) is 0 Å². The van der Waals surface area contributed by atoms with Crippen molar-refractivity contribution in [2.75, 3.05) is 13.2 Å². The van der Waals surface area contributed by atoms with E-state index in [2.05, 4.69) is 45.1 Å². The van der Waals surface area contributed by atoms with Crippen LogP contribution >= 0.6 is 0 Å². The summed E-state index contributed by atoms with van der Waals surface area (Å²) in [6, 6.07) is 0. The molecule has 0 amide bonds. The van der Waals surface area contributed by atoms with Gasteiger partial charge in [-0.25, -0.2) is 0 Å². The van der Waals surface area contributed by atoms with E-state index in [4.69, 9.17) is 14.2 Å². The summed E-state index contributed by atoms with van der Waals surface area (Å²) < 4.78 is 16.7. The van der Waals surface area contributed by atoms with E-state index in [9.17, 15) is 14.4 Å². The number of ether oxygens (including phenoxy) is 3. The van der Waals surface area contributed by atoms with Gasteiger partial charge in [0.25, 0.3) is 0 Å². The normalized spacial score (nSPS) is 12.1. The van der Waals surface area contributed by atoms with Gasteiger partial charge in [-0.05, 0) is 70.6 Å². The molecule has 0 saturated carbocycles. The van der Waals surface area contributed by atoms with Crippen LogP contribution < -0.4 is 0 Å². The minimum atomic E-state index is -0.771. The van der Waals surface area contributed by atoms with Gasteiger partial charge in [0.1, 0.15) is 13.2 Å². The minimum absolute atomic E-state index is 0.0746. The van der Waals surface area contributed by atoms with Crippen LogP contribution in [0.2, 0.25) is 0 Å². The molecule has 0 aromatic heterocycles. The SMILES string of the molecule is CCCCC/C=C\CCCCCCCC(=O)O[C@@H](COC(=O)CCCCCCC/C=C\CCCCCC)COC(=O)CCCCCCCCCCCC. The van der Waals surface area contributed by atoms with Gasteiger partial charge in [-0.2, -0.15) is 0 Å². The second-order valence-electron chi connectivity index (χ2n) is 15.3. The summed E-state index contributed by atoms with van der Waals surface area (Å²) in [6.07, 6.45) is 45.8. The predicted octanol–water partition coefficient (Wildman–Crippen LogP) is 14.4. The minimum Gasteiger partial charge on any atom is -0.462 e. The summed E-state index contributed by atoms with van der Waals surface area (Å²) in [5.74, 6) is -0.891. The van der Waals surface area contributed by atoms with Crippen molar-refractivity contribution in [2.24, 2.45) is 0 Å². The summed E-state index contributed by atoms with van der Waals surface area (Å²) in [7, 11) is 0. The van der Waals surface area contributed by atoms with E-state index in [1.54, 1.807) is 0 Å². The number of rotatable bonds is 41. The molecule has 6 heteroatoms. The Bertz CT molecular complexity index is 865. The van der Waals surface area contributed by atoms with Gasteiger partial charge in [0.05, 0.1) is 0 Å². The van der Waals surface area contributed by atoms with E-state index in [1.165, 1.54) is 128 Å². The quantitative estimate of drug-likeness (QED) is 0.0268. The molecule has 6 nitrogen and oxygen atoms in total. The van der Waals surface area contributed by atoms with Gasteiger partial charge in [-0.15, -0.1) is 0 Å². The molecule has 0 spiro atoms. The molecular formula is C47H86O6. The van der Waals surface area contributed by atoms with Gasteiger partial charge < -0.3 is 14.2 Å². The molecule has 0 bridgehead atoms. The molecule has 0 aliphatic heterocycles. The average molecular weight is 747 g/mol. The Kier molecular flexibility index (Phi) is 40.9. The van der Waals surface area contributed by atoms with Gasteiger partial charge in [-0.3, -0.25) is 14.4 Å². The van der Waals surface area contributed by atoms with Gasteiger partial charge in [0.2, 0.25) is 0 Å². The van der Waals surface area contributed by atoms with Crippen LogP contribution in [0.3, 0.4) is 0 Å². The molecule has 0 aromatic rings. The number of hydrogen-bond acceptors (Lipinski definition) is 6. The van der Waals surface area contributed by atoms with Crippen molar-refractivity contribution in [3.8, 4) is 0 Å². The fraction of sp³-hybridized carbons (Fsp3) is 0.851. The van der Waals surface area contributed by atoms with Crippen molar-refractivity contribution in [3.05, 3.63) is 24.3 Å². The van der Waals surface area contributed by atoms with E-state index in [0.717, 1.165) is 70.6 Å². The smallest absolute Gasteiger partial charge is 0.306 e. The number of carbonyl (C=O) groups is 3. The summed E-state index contributed by atoms with van der Waals surface area (Å²) in [5.41, 5.74) is 0. The molecule has 0 unspecified atom stereocenters. The van der Waals surface area contributed by atoms with Crippen LogP contribution in [0.25, 0.3) is 0 Å². The largest absolute Gasteiger partial charge is 0.462 e. The zero-order valence-electron chi connectivity index (χ0n) is 35.3. The number of allylic oxidation sites excluding steroid dienone is 4. The molecule has 53 heavy (non-hydrogen) atoms. The van der Waals surface area contributed by atoms with Gasteiger partial charge in [-0.1, -0.05) is 173 Å². The van der Waals surface area contributed by atoms with Crippen LogP contribution in [0.15, 0.2) is 24.3 Å². The highest BCUT2D eigenvalue weighted by Crippen LogP contribution is 2.14. The molecule has 1 atom stereocenters. The lowest BCUT2D eigenvalue weighted by Gasteiger charge is -2.18. The molecule has 310 valence electrons. The zero-order valence-corrected chi connectivity index (χ0v) is 35.3. The Labute approximate surface area is 328 Å². The molecule has 0 aromatic carbocycles. The number of hydrogen-bond donors (Lipinski definition) is 0. The average Bonchev–Trinajstić information content (AvgIpc) is 3.15. The lowest BCUT2D eigenvalue weighted by atomic mass is 10.1. The third-order valence-corrected chi connectivity index (χ3v) is 9.93. The van der Waals surface area contributed by atoms with Crippen LogP contribution in [-0.2, 0) is 28.6 Å². The molecule has 0 saturated heterocycles. The summed E-state index contributed by atoms with van der Waals surface area (Å²) in [6.45, 7) is 6.57. The first-order valence-electron chi connectivity index (χ1n) is 22.8. The maximum Gasteiger partial charge on any atom is 0.306 e. The lowest BCUT2D eigenvalue weighted by molar-refractivity contribution is -0.167. The van der Waals surface area contributed by atoms with Crippen molar-refractivity contribution in [2.45, 2.75) is 245 Å². The monoisotopic (exact) mass is 747 g/mol. The third-order valence-electron chi connectivity index (χ3n) is 9.93. The Morgan fingerprint density at radius 2 is 0.623 bits per heavy atom. The van der Waals surface area contributed by atoms with Crippen LogP contribution in [0.4, 0.5) is 0 Å². The summed E-state index contributed by atoms with van der Waals surface area (Å²) >= 11 is 0. The first kappa shape index (κ1) is 50.9. The van der Waals surface area contributed by atoms with Crippen LogP contribution in [0.5, 0.6) is 0 Å². The maximum atomic E-state index is 12.7. The number of unbranched alkanes of at least 4 members (excludes halogenated alkanes) is 26. The summed E-state index contributed by atoms with van der Waals surface area (Å²) in [4.78, 5) is 37.7. The molecule has 0 rings (SSSR count). The van der Waals surface area contributed by atoms with Crippen molar-refractivity contribution < 1.29 is 28.6 Å². The molecule has 0 heterocycles. The predicted molar refractivity (Wildman–Crippen MR) is 224 cm³/mol. The van der Waals surface area contributed by atoms with E-state index in [-0.39, 0.29) is 31.1 Å². The molecule has 0 radical (unpaired) electrons. The van der Waals surface area contributed by atoms with Gasteiger partial charge >= 0.3 is 17.9 Å². The fourth-order valence-corrected chi connectivity index (χ4v) is 6.43. The van der Waals surface area contributed by atoms with Crippen molar-refractivity contribution in [1.82, 2.24) is 0 Å². The van der Waals surface area contributed by atoms with Crippen molar-refractivity contribution >= 4 is 17.9 Å². The maximum absolute atomic E-state index is 12.7. The lowest BCUT2D eigenvalue weighted by Crippen LogP contribution is -2.30. The molecule has 0 aliphatic rings. The molecular weight excluding hydrogens is 661 g/mol. The zero-order chi connectivity index (χ0) is 38.7. The second-order valence-corrected chi connectivity index (χ2v) is 15.3. The molecule has 0 fully saturated rings. The van der Waals surface area contributed by atoms with Crippen molar-refractivity contribution in [1.29, 1.82) is 0 Å². The van der Waals surface area contributed by atoms with E-state index in [0.29, 0.717) is 19.3 Å². The van der Waals surface area contributed by atoms with Crippen LogP contribution in [0.1, 0.15) is 239 Å². The topological polar surface area (TPSA) is 78.9 Å². The van der Waals surface area contributed by atoms with Crippen LogP contribution in [0, 0.1) is 0 Å². The second kappa shape index (κ2) is 42.6. The fourth-order valence-electron chi connectivity index (χ4n) is 6.43.